The molecule has 1 aromatic heterocycles. The van der Waals surface area contributed by atoms with Crippen LogP contribution in [-0.4, -0.2) is 66.0 Å². The molecule has 10 nitrogen and oxygen atoms in total. The van der Waals surface area contributed by atoms with E-state index in [-0.39, 0.29) is 12.4 Å². The minimum absolute atomic E-state index is 0.115. The van der Waals surface area contributed by atoms with Crippen LogP contribution in [0, 0.1) is 19.7 Å². The zero-order valence-corrected chi connectivity index (χ0v) is 22.9. The predicted molar refractivity (Wildman–Crippen MR) is 137 cm³/mol. The van der Waals surface area contributed by atoms with Crippen molar-refractivity contribution in [1.82, 2.24) is 20.0 Å². The van der Waals surface area contributed by atoms with Gasteiger partial charge in [-0.25, -0.2) is 18.7 Å². The van der Waals surface area contributed by atoms with Crippen LogP contribution >= 0.6 is 0 Å². The lowest BCUT2D eigenvalue weighted by Gasteiger charge is -2.31. The van der Waals surface area contributed by atoms with Crippen molar-refractivity contribution < 1.29 is 28.2 Å². The molecule has 2 aromatic rings. The van der Waals surface area contributed by atoms with E-state index in [1.807, 2.05) is 27.7 Å². The number of ether oxygens (including phenoxy) is 3. The third-order valence-electron chi connectivity index (χ3n) is 6.18. The number of methoxy groups -OCH3 is 2. The van der Waals surface area contributed by atoms with Gasteiger partial charge in [0.25, 0.3) is 0 Å². The molecule has 0 saturated heterocycles. The number of anilines is 1. The predicted octanol–water partition coefficient (Wildman–Crippen LogP) is 4.61. The number of urea groups is 1. The summed E-state index contributed by atoms with van der Waals surface area (Å²) in [5.41, 5.74) is 2.32. The molecule has 11 heteroatoms. The van der Waals surface area contributed by atoms with Crippen molar-refractivity contribution in [2.75, 3.05) is 32.6 Å². The Hall–Kier alpha value is -3.18. The van der Waals surface area contributed by atoms with Crippen molar-refractivity contribution in [2.24, 2.45) is 0 Å². The number of rotatable bonds is 6. The number of hydrogen-bond acceptors (Lipinski definition) is 6. The number of benzene rings is 1. The second-order valence-corrected chi connectivity index (χ2v) is 10.2. The Balaban J connectivity index is 2.07. The van der Waals surface area contributed by atoms with Crippen LogP contribution < -0.4 is 10.6 Å². The molecule has 3 rings (SSSR count). The van der Waals surface area contributed by atoms with E-state index in [0.717, 1.165) is 5.69 Å². The van der Waals surface area contributed by atoms with E-state index in [1.165, 1.54) is 14.2 Å². The lowest BCUT2D eigenvalue weighted by molar-refractivity contribution is -0.0970. The molecule has 37 heavy (non-hydrogen) atoms. The van der Waals surface area contributed by atoms with Gasteiger partial charge in [-0.2, -0.15) is 5.10 Å². The largest absolute Gasteiger partial charge is 0.444 e. The Labute approximate surface area is 217 Å². The first-order valence-electron chi connectivity index (χ1n) is 12.3. The van der Waals surface area contributed by atoms with E-state index in [4.69, 9.17) is 19.3 Å². The zero-order valence-electron chi connectivity index (χ0n) is 22.9. The Morgan fingerprint density at radius 2 is 1.81 bits per heavy atom. The molecule has 204 valence electrons. The summed E-state index contributed by atoms with van der Waals surface area (Å²) in [6, 6.07) is 2.42. The number of amides is 3. The van der Waals surface area contributed by atoms with E-state index < -0.39 is 30.1 Å². The van der Waals surface area contributed by atoms with Crippen LogP contribution in [0.25, 0.3) is 5.69 Å². The van der Waals surface area contributed by atoms with E-state index in [1.54, 1.807) is 35.6 Å². The SMILES string of the molecule is COC(CNC(=O)Nc1c2c(nn1-c1cc(C)c(F)c(C)c1)CCCN(C(=O)OC(C)(C)C)[C@H]2C)OC. The average molecular weight is 520 g/mol. The topological polar surface area (TPSA) is 107 Å². The van der Waals surface area contributed by atoms with Gasteiger partial charge in [-0.05, 0) is 77.6 Å². The molecule has 1 aliphatic heterocycles. The van der Waals surface area contributed by atoms with Crippen molar-refractivity contribution >= 4 is 17.9 Å². The lowest BCUT2D eigenvalue weighted by atomic mass is 10.1. The summed E-state index contributed by atoms with van der Waals surface area (Å²) in [5.74, 6) is 0.103. The summed E-state index contributed by atoms with van der Waals surface area (Å²) in [7, 11) is 2.96. The van der Waals surface area contributed by atoms with Crippen molar-refractivity contribution in [3.05, 3.63) is 40.3 Å². The summed E-state index contributed by atoms with van der Waals surface area (Å²) in [4.78, 5) is 27.7. The maximum Gasteiger partial charge on any atom is 0.410 e. The van der Waals surface area contributed by atoms with E-state index >= 15 is 0 Å². The molecule has 0 spiro atoms. The number of aryl methyl sites for hydroxylation is 3. The van der Waals surface area contributed by atoms with E-state index in [2.05, 4.69) is 10.6 Å². The average Bonchev–Trinajstić information content (AvgIpc) is 3.07. The van der Waals surface area contributed by atoms with Crippen LogP contribution in [0.4, 0.5) is 19.8 Å². The molecule has 1 atom stereocenters. The number of carbonyl (C=O) groups is 2. The Morgan fingerprint density at radius 1 is 1.19 bits per heavy atom. The van der Waals surface area contributed by atoms with Gasteiger partial charge in [0.1, 0.15) is 17.2 Å². The van der Waals surface area contributed by atoms with Gasteiger partial charge < -0.3 is 24.4 Å². The van der Waals surface area contributed by atoms with E-state index in [9.17, 15) is 14.0 Å². The summed E-state index contributed by atoms with van der Waals surface area (Å²) >= 11 is 0. The monoisotopic (exact) mass is 519 g/mol. The number of nitrogens with zero attached hydrogens (tertiary/aromatic N) is 3. The lowest BCUT2D eigenvalue weighted by Crippen LogP contribution is -2.39. The molecular formula is C26H38FN5O5. The fourth-order valence-corrected chi connectivity index (χ4v) is 4.38. The molecule has 0 saturated carbocycles. The van der Waals surface area contributed by atoms with Crippen LogP contribution in [0.2, 0.25) is 0 Å². The second kappa shape index (κ2) is 11.5. The summed E-state index contributed by atoms with van der Waals surface area (Å²) in [5, 5.41) is 10.5. The van der Waals surface area contributed by atoms with Crippen LogP contribution in [-0.2, 0) is 20.6 Å². The molecule has 3 amide bonds. The maximum absolute atomic E-state index is 14.4. The molecule has 1 aromatic carbocycles. The highest BCUT2D eigenvalue weighted by Gasteiger charge is 2.35. The Kier molecular flexibility index (Phi) is 8.80. The Morgan fingerprint density at radius 3 is 2.38 bits per heavy atom. The van der Waals surface area contributed by atoms with Gasteiger partial charge in [-0.3, -0.25) is 5.32 Å². The minimum atomic E-state index is -0.653. The fourth-order valence-electron chi connectivity index (χ4n) is 4.38. The molecule has 0 radical (unpaired) electrons. The number of fused-ring (bicyclic) bond motifs is 1. The smallest absolute Gasteiger partial charge is 0.410 e. The minimum Gasteiger partial charge on any atom is -0.444 e. The molecule has 0 bridgehead atoms. The number of halogens is 1. The molecule has 0 aliphatic carbocycles. The molecule has 2 N–H and O–H groups in total. The zero-order chi connectivity index (χ0) is 27.5. The maximum atomic E-state index is 14.4. The van der Waals surface area contributed by atoms with Crippen LogP contribution in [0.5, 0.6) is 0 Å². The quantitative estimate of drug-likeness (QED) is 0.540. The van der Waals surface area contributed by atoms with E-state index in [0.29, 0.717) is 47.6 Å². The third-order valence-corrected chi connectivity index (χ3v) is 6.18. The molecule has 2 heterocycles. The van der Waals surface area contributed by atoms with Crippen LogP contribution in [0.3, 0.4) is 0 Å². The number of nitrogens with one attached hydrogen (secondary N) is 2. The van der Waals surface area contributed by atoms with Crippen molar-refractivity contribution in [1.29, 1.82) is 0 Å². The van der Waals surface area contributed by atoms with Crippen molar-refractivity contribution in [2.45, 2.75) is 72.3 Å². The standard InChI is InChI=1S/C26H38FN5O5/c1-15-12-18(13-16(2)22(15)27)32-23(29-24(33)28-14-20(35-7)36-8)21-17(3)31(11-9-10-19(21)30-32)25(34)37-26(4,5)6/h12-13,17,20H,9-11,14H2,1-8H3,(H2,28,29,33)/t17-/m0/s1. The molecular weight excluding hydrogens is 481 g/mol. The second-order valence-electron chi connectivity index (χ2n) is 10.2. The van der Waals surface area contributed by atoms with Gasteiger partial charge in [0.15, 0.2) is 6.29 Å². The first-order valence-corrected chi connectivity index (χ1v) is 12.3. The first kappa shape index (κ1) is 28.4. The summed E-state index contributed by atoms with van der Waals surface area (Å²) in [6.07, 6.45) is 0.213. The Bertz CT molecular complexity index is 1120. The van der Waals surface area contributed by atoms with Gasteiger partial charge in [0.2, 0.25) is 0 Å². The van der Waals surface area contributed by atoms with Gasteiger partial charge in [-0.1, -0.05) is 0 Å². The van der Waals surface area contributed by atoms with Gasteiger partial charge in [-0.15, -0.1) is 0 Å². The van der Waals surface area contributed by atoms with Crippen molar-refractivity contribution in [3.8, 4) is 5.69 Å². The highest BCUT2D eigenvalue weighted by atomic mass is 19.1. The molecule has 0 fully saturated rings. The highest BCUT2D eigenvalue weighted by Crippen LogP contribution is 2.37. The van der Waals surface area contributed by atoms with Crippen LogP contribution in [0.15, 0.2) is 12.1 Å². The third kappa shape index (κ3) is 6.58. The van der Waals surface area contributed by atoms with Gasteiger partial charge in [0.05, 0.1) is 24.0 Å². The van der Waals surface area contributed by atoms with Crippen molar-refractivity contribution in [3.63, 3.8) is 0 Å². The number of aromatic nitrogens is 2. The van der Waals surface area contributed by atoms with Gasteiger partial charge >= 0.3 is 12.1 Å². The first-order chi connectivity index (χ1) is 17.4. The van der Waals surface area contributed by atoms with Crippen LogP contribution in [0.1, 0.15) is 62.5 Å². The molecule has 1 aliphatic rings. The normalized spacial score (nSPS) is 15.8. The highest BCUT2D eigenvalue weighted by molar-refractivity contribution is 5.90. The summed E-state index contributed by atoms with van der Waals surface area (Å²) < 4.78 is 32.0. The molecule has 0 unspecified atom stereocenters. The fraction of sp³-hybridized carbons (Fsp3) is 0.577. The van der Waals surface area contributed by atoms with Gasteiger partial charge in [0, 0.05) is 26.3 Å². The number of carbonyl (C=O) groups excluding carboxylic acids is 2. The summed E-state index contributed by atoms with van der Waals surface area (Å²) in [6.45, 7) is 11.3. The number of hydrogen-bond donors (Lipinski definition) is 2.